The fourth-order valence-corrected chi connectivity index (χ4v) is 0.866. The van der Waals surface area contributed by atoms with E-state index in [1.54, 1.807) is 18.6 Å². The molecule has 0 N–H and O–H groups in total. The molecule has 0 bridgehead atoms. The van der Waals surface area contributed by atoms with Crippen LogP contribution in [-0.2, 0) is 26.7 Å². The first-order valence-corrected chi connectivity index (χ1v) is 3.04. The Balaban J connectivity index is 0.000001000. The summed E-state index contributed by atoms with van der Waals surface area (Å²) in [6.45, 7) is 0. The predicted molar refractivity (Wildman–Crippen MR) is 36.8 cm³/mol. The first kappa shape index (κ1) is 10.3. The van der Waals surface area contributed by atoms with Crippen molar-refractivity contribution in [1.29, 1.82) is 0 Å². The molecule has 0 heterocycles. The molecule has 0 saturated carbocycles. The van der Waals surface area contributed by atoms with Crippen molar-refractivity contribution in [2.24, 2.45) is 0 Å². The average Bonchev–Trinajstić information content (AvgIpc) is 2.04. The van der Waals surface area contributed by atoms with Gasteiger partial charge in [-0.05, 0) is 6.29 Å². The third-order valence-corrected chi connectivity index (χ3v) is 1.40. The van der Waals surface area contributed by atoms with Gasteiger partial charge >= 0.3 is 17.1 Å². The Kier molecular flexibility index (Phi) is 4.75. The van der Waals surface area contributed by atoms with Gasteiger partial charge in [-0.2, -0.15) is 6.08 Å². The van der Waals surface area contributed by atoms with E-state index in [0.29, 0.717) is 17.6 Å². The van der Waals surface area contributed by atoms with Gasteiger partial charge < -0.3 is 15.2 Å². The second kappa shape index (κ2) is 5.05. The Labute approximate surface area is 75.8 Å². The first-order valence-electron chi connectivity index (χ1n) is 3.04. The van der Waals surface area contributed by atoms with E-state index in [9.17, 15) is 9.59 Å². The van der Waals surface area contributed by atoms with E-state index in [-0.39, 0.29) is 17.1 Å². The SMILES string of the molecule is O=[C-]C1=C([C-]=O)CCC=C1.[Fe+2]. The van der Waals surface area contributed by atoms with Crippen LogP contribution in [0.3, 0.4) is 0 Å². The molecule has 0 aliphatic heterocycles. The van der Waals surface area contributed by atoms with Crippen LogP contribution in [-0.4, -0.2) is 12.6 Å². The molecule has 1 aliphatic rings. The first-order chi connectivity index (χ1) is 4.88. The number of allylic oxidation sites excluding steroid dienone is 4. The summed E-state index contributed by atoms with van der Waals surface area (Å²) in [5.74, 6) is 0. The Hall–Kier alpha value is -0.661. The van der Waals surface area contributed by atoms with E-state index in [1.165, 1.54) is 0 Å². The van der Waals surface area contributed by atoms with E-state index < -0.39 is 0 Å². The van der Waals surface area contributed by atoms with Crippen molar-refractivity contribution in [3.63, 3.8) is 0 Å². The van der Waals surface area contributed by atoms with Gasteiger partial charge in [0.1, 0.15) is 0 Å². The van der Waals surface area contributed by atoms with Crippen LogP contribution in [0.1, 0.15) is 12.8 Å². The Morgan fingerprint density at radius 3 is 2.45 bits per heavy atom. The summed E-state index contributed by atoms with van der Waals surface area (Å²) in [5.41, 5.74) is 0.791. The number of rotatable bonds is 2. The fourth-order valence-electron chi connectivity index (χ4n) is 0.866. The molecule has 2 nitrogen and oxygen atoms in total. The van der Waals surface area contributed by atoms with Gasteiger partial charge in [0.15, 0.2) is 0 Å². The van der Waals surface area contributed by atoms with Gasteiger partial charge in [0.25, 0.3) is 0 Å². The van der Waals surface area contributed by atoms with Gasteiger partial charge in [0.05, 0.1) is 0 Å². The molecule has 1 rings (SSSR count). The quantitative estimate of drug-likeness (QED) is 0.477. The molecular weight excluding hydrogens is 184 g/mol. The van der Waals surface area contributed by atoms with Gasteiger partial charge in [-0.3, -0.25) is 5.57 Å². The van der Waals surface area contributed by atoms with Crippen molar-refractivity contribution in [3.05, 3.63) is 23.3 Å². The second-order valence-electron chi connectivity index (χ2n) is 2.04. The zero-order valence-electron chi connectivity index (χ0n) is 5.74. The maximum absolute atomic E-state index is 10.1. The minimum absolute atomic E-state index is 0. The summed E-state index contributed by atoms with van der Waals surface area (Å²) in [5, 5.41) is 0. The van der Waals surface area contributed by atoms with E-state index in [0.717, 1.165) is 6.42 Å². The predicted octanol–water partition coefficient (Wildman–Crippen LogP) is 0.850. The Bertz CT molecular complexity index is 216. The molecule has 0 unspecified atom stereocenters. The molecule has 0 aromatic carbocycles. The van der Waals surface area contributed by atoms with Crippen molar-refractivity contribution in [3.8, 4) is 0 Å². The van der Waals surface area contributed by atoms with Crippen molar-refractivity contribution in [2.45, 2.75) is 12.8 Å². The van der Waals surface area contributed by atoms with Gasteiger partial charge in [0, 0.05) is 0 Å². The number of hydrogen-bond acceptors (Lipinski definition) is 2. The number of hydrogen-bond donors (Lipinski definition) is 0. The third kappa shape index (κ3) is 2.45. The zero-order chi connectivity index (χ0) is 7.40. The molecule has 0 radical (unpaired) electrons. The Morgan fingerprint density at radius 2 is 2.00 bits per heavy atom. The molecule has 0 saturated heterocycles. The minimum Gasteiger partial charge on any atom is -0.433 e. The molecule has 0 amide bonds. The maximum Gasteiger partial charge on any atom is 2.00 e. The molecule has 3 heteroatoms. The average molecular weight is 190 g/mol. The smallest absolute Gasteiger partial charge is 0.433 e. The van der Waals surface area contributed by atoms with E-state index >= 15 is 0 Å². The zero-order valence-corrected chi connectivity index (χ0v) is 6.84. The van der Waals surface area contributed by atoms with Crippen molar-refractivity contribution in [2.75, 3.05) is 0 Å². The summed E-state index contributed by atoms with van der Waals surface area (Å²) >= 11 is 0. The number of carbonyl (C=O) groups excluding carboxylic acids is 2. The van der Waals surface area contributed by atoms with Crippen LogP contribution in [0, 0.1) is 0 Å². The molecule has 0 fully saturated rings. The Morgan fingerprint density at radius 1 is 1.27 bits per heavy atom. The summed E-state index contributed by atoms with van der Waals surface area (Å²) in [6, 6.07) is 0. The molecule has 0 spiro atoms. The van der Waals surface area contributed by atoms with Gasteiger partial charge in [-0.25, -0.2) is 6.08 Å². The van der Waals surface area contributed by atoms with E-state index in [2.05, 4.69) is 0 Å². The molecule has 0 atom stereocenters. The minimum atomic E-state index is 0. The van der Waals surface area contributed by atoms with Gasteiger partial charge in [-0.1, -0.05) is 12.7 Å². The normalized spacial score (nSPS) is 15.6. The second-order valence-corrected chi connectivity index (χ2v) is 2.04. The standard InChI is InChI=1S/C8H6O2.Fe/c9-5-7-3-1-2-4-8(7)6-10;/h1,3H,2,4H2;/q-2;+2. The van der Waals surface area contributed by atoms with Crippen LogP contribution in [0.15, 0.2) is 23.3 Å². The summed E-state index contributed by atoms with van der Waals surface area (Å²) in [6.07, 6.45) is 8.29. The summed E-state index contributed by atoms with van der Waals surface area (Å²) in [4.78, 5) is 20.2. The van der Waals surface area contributed by atoms with Crippen LogP contribution in [0.4, 0.5) is 0 Å². The largest absolute Gasteiger partial charge is 2.00 e. The molecule has 0 aromatic rings. The topological polar surface area (TPSA) is 34.1 Å². The monoisotopic (exact) mass is 190 g/mol. The van der Waals surface area contributed by atoms with Gasteiger partial charge in [-0.15, -0.1) is 6.42 Å². The van der Waals surface area contributed by atoms with Crippen LogP contribution < -0.4 is 0 Å². The van der Waals surface area contributed by atoms with Crippen LogP contribution in [0.25, 0.3) is 0 Å². The summed E-state index contributed by atoms with van der Waals surface area (Å²) in [7, 11) is 0. The molecule has 58 valence electrons. The maximum atomic E-state index is 10.1. The van der Waals surface area contributed by atoms with Crippen molar-refractivity contribution >= 4 is 12.6 Å². The molecular formula is C8H6FeO2. The van der Waals surface area contributed by atoms with E-state index in [1.807, 2.05) is 6.08 Å². The van der Waals surface area contributed by atoms with E-state index in [4.69, 9.17) is 0 Å². The third-order valence-electron chi connectivity index (χ3n) is 1.40. The van der Waals surface area contributed by atoms with Gasteiger partial charge in [0.2, 0.25) is 0 Å². The fraction of sp³-hybridized carbons (Fsp3) is 0.250. The molecule has 11 heavy (non-hydrogen) atoms. The van der Waals surface area contributed by atoms with Crippen LogP contribution >= 0.6 is 0 Å². The van der Waals surface area contributed by atoms with Crippen LogP contribution in [0.2, 0.25) is 0 Å². The van der Waals surface area contributed by atoms with Crippen molar-refractivity contribution < 1.29 is 26.7 Å². The van der Waals surface area contributed by atoms with Crippen molar-refractivity contribution in [1.82, 2.24) is 0 Å². The molecule has 0 aromatic heterocycles. The van der Waals surface area contributed by atoms with Crippen LogP contribution in [0.5, 0.6) is 0 Å². The molecule has 1 aliphatic carbocycles. The summed E-state index contributed by atoms with van der Waals surface area (Å²) < 4.78 is 0.